The quantitative estimate of drug-likeness (QED) is 0.816. The molecule has 0 saturated heterocycles. The average molecular weight is 347 g/mol. The summed E-state index contributed by atoms with van der Waals surface area (Å²) in [4.78, 5) is 23.1. The van der Waals surface area contributed by atoms with Gasteiger partial charge >= 0.3 is 0 Å². The number of alkyl halides is 1. The molecule has 0 heterocycles. The van der Waals surface area contributed by atoms with E-state index in [4.69, 9.17) is 5.73 Å². The third-order valence-electron chi connectivity index (χ3n) is 3.03. The van der Waals surface area contributed by atoms with Gasteiger partial charge in [0.15, 0.2) is 0 Å². The molecular formula is C16H15BrN2O2. The van der Waals surface area contributed by atoms with Gasteiger partial charge in [0.25, 0.3) is 5.91 Å². The molecule has 5 heteroatoms. The van der Waals surface area contributed by atoms with Crippen LogP contribution in [0.25, 0.3) is 0 Å². The smallest absolute Gasteiger partial charge is 0.251 e. The van der Waals surface area contributed by atoms with Crippen LogP contribution in [0.2, 0.25) is 0 Å². The second-order valence-corrected chi connectivity index (χ2v) is 5.14. The number of hydrogen-bond acceptors (Lipinski definition) is 2. The van der Waals surface area contributed by atoms with Gasteiger partial charge in [-0.1, -0.05) is 40.2 Å². The number of nitrogens with two attached hydrogens (primary N) is 1. The van der Waals surface area contributed by atoms with E-state index in [2.05, 4.69) is 21.2 Å². The second-order valence-electron chi connectivity index (χ2n) is 4.58. The fraction of sp³-hybridized carbons (Fsp3) is 0.125. The third kappa shape index (κ3) is 4.16. The Morgan fingerprint density at radius 1 is 1.00 bits per heavy atom. The van der Waals surface area contributed by atoms with E-state index in [1.807, 2.05) is 18.2 Å². The predicted molar refractivity (Wildman–Crippen MR) is 85.2 cm³/mol. The van der Waals surface area contributed by atoms with E-state index >= 15 is 0 Å². The Balaban J connectivity index is 2.00. The van der Waals surface area contributed by atoms with Gasteiger partial charge < -0.3 is 11.1 Å². The van der Waals surface area contributed by atoms with Crippen molar-refractivity contribution in [2.24, 2.45) is 5.73 Å². The monoisotopic (exact) mass is 346 g/mol. The Kier molecular flexibility index (Phi) is 5.11. The maximum Gasteiger partial charge on any atom is 0.251 e. The summed E-state index contributed by atoms with van der Waals surface area (Å²) in [7, 11) is 0. The van der Waals surface area contributed by atoms with Crippen LogP contribution in [0.4, 0.5) is 0 Å². The number of primary amides is 1. The van der Waals surface area contributed by atoms with E-state index in [9.17, 15) is 9.59 Å². The molecule has 0 radical (unpaired) electrons. The maximum atomic E-state index is 12.0. The minimum absolute atomic E-state index is 0.152. The highest BCUT2D eigenvalue weighted by atomic mass is 79.9. The van der Waals surface area contributed by atoms with E-state index in [1.54, 1.807) is 30.3 Å². The highest BCUT2D eigenvalue weighted by Crippen LogP contribution is 2.09. The SMILES string of the molecule is NC(=O)c1cccc(CNC(=O)c2ccc(CBr)cc2)c1. The van der Waals surface area contributed by atoms with Gasteiger partial charge in [-0.2, -0.15) is 0 Å². The topological polar surface area (TPSA) is 72.2 Å². The first kappa shape index (κ1) is 15.3. The lowest BCUT2D eigenvalue weighted by Gasteiger charge is -2.07. The van der Waals surface area contributed by atoms with E-state index in [-0.39, 0.29) is 5.91 Å². The number of halogens is 1. The molecule has 3 N–H and O–H groups in total. The molecule has 0 aliphatic heterocycles. The zero-order chi connectivity index (χ0) is 15.2. The molecule has 0 spiro atoms. The molecule has 0 bridgehead atoms. The molecule has 0 fully saturated rings. The summed E-state index contributed by atoms with van der Waals surface area (Å²) in [5.74, 6) is -0.630. The third-order valence-corrected chi connectivity index (χ3v) is 3.68. The van der Waals surface area contributed by atoms with Crippen LogP contribution in [-0.4, -0.2) is 11.8 Å². The van der Waals surface area contributed by atoms with Crippen molar-refractivity contribution in [2.75, 3.05) is 0 Å². The van der Waals surface area contributed by atoms with Crippen molar-refractivity contribution in [3.63, 3.8) is 0 Å². The number of hydrogen-bond donors (Lipinski definition) is 2. The maximum absolute atomic E-state index is 12.0. The van der Waals surface area contributed by atoms with Crippen molar-refractivity contribution in [2.45, 2.75) is 11.9 Å². The Labute approximate surface area is 131 Å². The van der Waals surface area contributed by atoms with Crippen molar-refractivity contribution in [3.05, 3.63) is 70.8 Å². The second kappa shape index (κ2) is 7.04. The van der Waals surface area contributed by atoms with Crippen molar-refractivity contribution in [3.8, 4) is 0 Å². The highest BCUT2D eigenvalue weighted by molar-refractivity contribution is 9.08. The minimum atomic E-state index is -0.478. The lowest BCUT2D eigenvalue weighted by Crippen LogP contribution is -2.23. The summed E-state index contributed by atoms with van der Waals surface area (Å²) >= 11 is 3.36. The summed E-state index contributed by atoms with van der Waals surface area (Å²) in [5.41, 5.74) is 8.21. The van der Waals surface area contributed by atoms with Crippen LogP contribution in [-0.2, 0) is 11.9 Å². The first-order valence-corrected chi connectivity index (χ1v) is 7.54. The van der Waals surface area contributed by atoms with Crippen LogP contribution < -0.4 is 11.1 Å². The molecule has 0 unspecified atom stereocenters. The standard InChI is InChI=1S/C16H15BrN2O2/c17-9-11-4-6-13(7-5-11)16(21)19-10-12-2-1-3-14(8-12)15(18)20/h1-8H,9-10H2,(H2,18,20)(H,19,21). The summed E-state index contributed by atoms with van der Waals surface area (Å²) in [5, 5.41) is 3.57. The molecule has 108 valence electrons. The Morgan fingerprint density at radius 2 is 1.71 bits per heavy atom. The minimum Gasteiger partial charge on any atom is -0.366 e. The van der Waals surface area contributed by atoms with E-state index in [0.29, 0.717) is 17.7 Å². The molecule has 0 saturated carbocycles. The summed E-state index contributed by atoms with van der Waals surface area (Å²) in [6.45, 7) is 0.347. The molecular weight excluding hydrogens is 332 g/mol. The number of carbonyl (C=O) groups is 2. The lowest BCUT2D eigenvalue weighted by atomic mass is 10.1. The molecule has 2 rings (SSSR count). The number of carbonyl (C=O) groups excluding carboxylic acids is 2. The number of nitrogens with one attached hydrogen (secondary N) is 1. The summed E-state index contributed by atoms with van der Waals surface area (Å²) in [6.07, 6.45) is 0. The van der Waals surface area contributed by atoms with Crippen LogP contribution >= 0.6 is 15.9 Å². The fourth-order valence-corrected chi connectivity index (χ4v) is 2.24. The van der Waals surface area contributed by atoms with Gasteiger partial charge in [-0.25, -0.2) is 0 Å². The highest BCUT2D eigenvalue weighted by Gasteiger charge is 2.06. The van der Waals surface area contributed by atoms with Crippen molar-refractivity contribution < 1.29 is 9.59 Å². The first-order valence-electron chi connectivity index (χ1n) is 6.42. The number of rotatable bonds is 5. The Bertz CT molecular complexity index is 654. The molecule has 2 aromatic carbocycles. The van der Waals surface area contributed by atoms with Crippen LogP contribution in [0, 0.1) is 0 Å². The average Bonchev–Trinajstić information content (AvgIpc) is 2.53. The zero-order valence-electron chi connectivity index (χ0n) is 11.3. The van der Waals surface area contributed by atoms with Crippen LogP contribution in [0.15, 0.2) is 48.5 Å². The van der Waals surface area contributed by atoms with Crippen molar-refractivity contribution in [1.29, 1.82) is 0 Å². The Morgan fingerprint density at radius 3 is 2.33 bits per heavy atom. The molecule has 21 heavy (non-hydrogen) atoms. The van der Waals surface area contributed by atoms with Gasteiger partial charge in [0.1, 0.15) is 0 Å². The Hall–Kier alpha value is -2.14. The van der Waals surface area contributed by atoms with Gasteiger partial charge in [0.2, 0.25) is 5.91 Å². The van der Waals surface area contributed by atoms with E-state index < -0.39 is 5.91 Å². The van der Waals surface area contributed by atoms with E-state index in [1.165, 1.54) is 0 Å². The molecule has 2 amide bonds. The predicted octanol–water partition coefficient (Wildman–Crippen LogP) is 2.61. The fourth-order valence-electron chi connectivity index (χ4n) is 1.86. The van der Waals surface area contributed by atoms with Crippen molar-refractivity contribution in [1.82, 2.24) is 5.32 Å². The molecule has 0 aliphatic rings. The molecule has 0 atom stereocenters. The van der Waals surface area contributed by atoms with Gasteiger partial charge in [0, 0.05) is 23.0 Å². The molecule has 0 aliphatic carbocycles. The van der Waals surface area contributed by atoms with Crippen LogP contribution in [0.5, 0.6) is 0 Å². The molecule has 0 aromatic heterocycles. The van der Waals surface area contributed by atoms with E-state index in [0.717, 1.165) is 16.5 Å². The molecule has 2 aromatic rings. The zero-order valence-corrected chi connectivity index (χ0v) is 12.9. The normalized spacial score (nSPS) is 10.1. The van der Waals surface area contributed by atoms with Crippen LogP contribution in [0.3, 0.4) is 0 Å². The van der Waals surface area contributed by atoms with Gasteiger partial charge in [0.05, 0.1) is 0 Å². The number of amides is 2. The lowest BCUT2D eigenvalue weighted by molar-refractivity contribution is 0.0950. The number of benzene rings is 2. The van der Waals surface area contributed by atoms with Crippen molar-refractivity contribution >= 4 is 27.7 Å². The molecule has 4 nitrogen and oxygen atoms in total. The van der Waals surface area contributed by atoms with Gasteiger partial charge in [-0.3, -0.25) is 9.59 Å². The van der Waals surface area contributed by atoms with Gasteiger partial charge in [-0.05, 0) is 35.4 Å². The summed E-state index contributed by atoms with van der Waals surface area (Å²) in [6, 6.07) is 14.3. The largest absolute Gasteiger partial charge is 0.366 e. The van der Waals surface area contributed by atoms with Crippen LogP contribution in [0.1, 0.15) is 31.8 Å². The van der Waals surface area contributed by atoms with Gasteiger partial charge in [-0.15, -0.1) is 0 Å². The first-order chi connectivity index (χ1) is 10.1. The summed E-state index contributed by atoms with van der Waals surface area (Å²) < 4.78 is 0.